The van der Waals surface area contributed by atoms with Crippen LogP contribution in [0.25, 0.3) is 4.85 Å². The monoisotopic (exact) mass is 704 g/mol. The van der Waals surface area contributed by atoms with Crippen LogP contribution in [0.15, 0.2) is 0 Å². The van der Waals surface area contributed by atoms with Crippen LogP contribution in [0.1, 0.15) is 68.7 Å². The molecule has 1 aliphatic rings. The Morgan fingerprint density at radius 2 is 1.59 bits per heavy atom. The standard InChI is InChI=1S/C28H59N2O10P3Si/c1-14-35-42(11,31)37-19-20-38-43(32,36-15-2)21-16-25-27(26(22-33-25)40-44(12,13)28(7,8)9)39-41(34-18-17-29-10)30(23(3)4)24(5)6/h23-27H,14-22H2,1-9,11-13H3/t25-,26-,27?,41?,42?,43?/m1/s1. The van der Waals surface area contributed by atoms with Crippen LogP contribution in [0, 0.1) is 6.57 Å². The normalized spacial score (nSPS) is 23.2. The summed E-state index contributed by atoms with van der Waals surface area (Å²) in [5, 5.41) is -0.0282. The topological polar surface area (TPSA) is 116 Å². The minimum atomic E-state index is -3.54. The highest BCUT2D eigenvalue weighted by atomic mass is 31.2. The van der Waals surface area contributed by atoms with Crippen LogP contribution < -0.4 is 0 Å². The second-order valence-corrected chi connectivity index (χ2v) is 23.2. The summed E-state index contributed by atoms with van der Waals surface area (Å²) in [4.78, 5) is 3.45. The third-order valence-electron chi connectivity index (χ3n) is 7.40. The van der Waals surface area contributed by atoms with Gasteiger partial charge in [-0.2, -0.15) is 0 Å². The molecule has 12 nitrogen and oxygen atoms in total. The predicted molar refractivity (Wildman–Crippen MR) is 179 cm³/mol. The second kappa shape index (κ2) is 19.3. The summed E-state index contributed by atoms with van der Waals surface area (Å²) in [7, 11) is -10.5. The molecule has 1 rings (SSSR count). The molecule has 0 aromatic heterocycles. The van der Waals surface area contributed by atoms with E-state index in [0.29, 0.717) is 13.0 Å². The molecular formula is C28H59N2O10P3Si. The van der Waals surface area contributed by atoms with Gasteiger partial charge in [-0.25, -0.2) is 11.2 Å². The molecule has 6 atom stereocenters. The molecule has 0 bridgehead atoms. The van der Waals surface area contributed by atoms with E-state index in [9.17, 15) is 9.13 Å². The number of hydrogen-bond acceptors (Lipinski definition) is 11. The molecule has 0 N–H and O–H groups in total. The summed E-state index contributed by atoms with van der Waals surface area (Å²) in [6.45, 7) is 32.6. The zero-order valence-corrected chi connectivity index (χ0v) is 32.8. The van der Waals surface area contributed by atoms with Crippen molar-refractivity contribution in [1.29, 1.82) is 0 Å². The van der Waals surface area contributed by atoms with Crippen molar-refractivity contribution >= 4 is 32.0 Å². The minimum Gasteiger partial charge on any atom is -0.409 e. The second-order valence-electron chi connectivity index (χ2n) is 12.8. The van der Waals surface area contributed by atoms with E-state index in [4.69, 9.17) is 42.9 Å². The van der Waals surface area contributed by atoms with Crippen LogP contribution in [0.5, 0.6) is 0 Å². The van der Waals surface area contributed by atoms with Crippen LogP contribution >= 0.6 is 23.7 Å². The molecule has 1 aliphatic heterocycles. The first kappa shape index (κ1) is 42.3. The van der Waals surface area contributed by atoms with E-state index in [1.54, 1.807) is 13.8 Å². The van der Waals surface area contributed by atoms with Gasteiger partial charge in [0.25, 0.3) is 8.53 Å². The van der Waals surface area contributed by atoms with Gasteiger partial charge in [0.1, 0.15) is 12.7 Å². The largest absolute Gasteiger partial charge is 0.409 e. The molecule has 0 radical (unpaired) electrons. The van der Waals surface area contributed by atoms with Gasteiger partial charge in [0, 0.05) is 18.7 Å². The first-order valence-corrected chi connectivity index (χ1v) is 23.3. The number of nitrogens with zero attached hydrogens (tertiary/aromatic N) is 2. The first-order chi connectivity index (χ1) is 20.3. The highest BCUT2D eigenvalue weighted by Gasteiger charge is 2.48. The molecule has 16 heteroatoms. The first-order valence-electron chi connectivity index (χ1n) is 15.6. The number of rotatable bonds is 22. The third-order valence-corrected chi connectivity index (χ3v) is 17.4. The van der Waals surface area contributed by atoms with E-state index < -0.39 is 44.2 Å². The van der Waals surface area contributed by atoms with Crippen LogP contribution in [-0.4, -0.2) is 102 Å². The molecular weight excluding hydrogens is 645 g/mol. The van der Waals surface area contributed by atoms with Crippen molar-refractivity contribution in [2.45, 2.75) is 117 Å². The van der Waals surface area contributed by atoms with Gasteiger partial charge >= 0.3 is 15.2 Å². The lowest BCUT2D eigenvalue weighted by Crippen LogP contribution is -2.48. The molecule has 4 unspecified atom stereocenters. The summed E-state index contributed by atoms with van der Waals surface area (Å²) < 4.78 is 76.0. The summed E-state index contributed by atoms with van der Waals surface area (Å²) in [5.41, 5.74) is 0. The highest BCUT2D eigenvalue weighted by molar-refractivity contribution is 7.54. The maximum absolute atomic E-state index is 13.7. The van der Waals surface area contributed by atoms with Gasteiger partial charge in [0.2, 0.25) is 6.54 Å². The van der Waals surface area contributed by atoms with Crippen molar-refractivity contribution in [1.82, 2.24) is 4.67 Å². The molecule has 0 saturated carbocycles. The van der Waals surface area contributed by atoms with Crippen molar-refractivity contribution in [3.05, 3.63) is 11.4 Å². The molecule has 1 saturated heterocycles. The molecule has 0 aromatic carbocycles. The average molecular weight is 705 g/mol. The lowest BCUT2D eigenvalue weighted by atomic mass is 10.1. The van der Waals surface area contributed by atoms with Gasteiger partial charge in [-0.15, -0.1) is 0 Å². The van der Waals surface area contributed by atoms with Gasteiger partial charge < -0.3 is 41.2 Å². The molecule has 0 amide bonds. The lowest BCUT2D eigenvalue weighted by molar-refractivity contribution is 0.0270. The quantitative estimate of drug-likeness (QED) is 0.0473. The van der Waals surface area contributed by atoms with Crippen LogP contribution in [-0.2, 0) is 45.4 Å². The van der Waals surface area contributed by atoms with Gasteiger partial charge in [-0.1, -0.05) is 20.8 Å². The smallest absolute Gasteiger partial charge is 0.330 e. The van der Waals surface area contributed by atoms with Gasteiger partial charge in [-0.3, -0.25) is 9.13 Å². The zero-order chi connectivity index (χ0) is 33.8. The van der Waals surface area contributed by atoms with Crippen LogP contribution in [0.2, 0.25) is 18.1 Å². The van der Waals surface area contributed by atoms with E-state index >= 15 is 0 Å². The summed E-state index contributed by atoms with van der Waals surface area (Å²) in [5.74, 6) is 0. The van der Waals surface area contributed by atoms with E-state index in [1.165, 1.54) is 6.66 Å². The van der Waals surface area contributed by atoms with Crippen molar-refractivity contribution in [2.24, 2.45) is 0 Å². The van der Waals surface area contributed by atoms with Crippen LogP contribution in [0.3, 0.4) is 0 Å². The van der Waals surface area contributed by atoms with E-state index in [0.717, 1.165) is 0 Å². The number of hydrogen-bond donors (Lipinski definition) is 0. The van der Waals surface area contributed by atoms with Gasteiger partial charge in [0.15, 0.2) is 8.32 Å². The van der Waals surface area contributed by atoms with Crippen molar-refractivity contribution in [2.75, 3.05) is 59.0 Å². The predicted octanol–water partition coefficient (Wildman–Crippen LogP) is 7.95. The maximum Gasteiger partial charge on any atom is 0.330 e. The van der Waals surface area contributed by atoms with Gasteiger partial charge in [-0.05, 0) is 66.1 Å². The Hall–Kier alpha value is 0.237. The molecule has 1 fully saturated rings. The lowest BCUT2D eigenvalue weighted by Gasteiger charge is -2.41. The van der Waals surface area contributed by atoms with E-state index in [-0.39, 0.29) is 69.0 Å². The summed E-state index contributed by atoms with van der Waals surface area (Å²) >= 11 is 0. The van der Waals surface area contributed by atoms with Crippen LogP contribution in [0.4, 0.5) is 0 Å². The minimum absolute atomic E-state index is 0.0282. The Balaban J connectivity index is 3.22. The molecule has 0 aromatic rings. The maximum atomic E-state index is 13.7. The van der Waals surface area contributed by atoms with E-state index in [2.05, 4.69) is 71.1 Å². The van der Waals surface area contributed by atoms with E-state index in [1.807, 2.05) is 0 Å². The Labute approximate surface area is 269 Å². The van der Waals surface area contributed by atoms with Crippen molar-refractivity contribution in [3.63, 3.8) is 0 Å². The average Bonchev–Trinajstić information content (AvgIpc) is 3.25. The Morgan fingerprint density at radius 3 is 2.11 bits per heavy atom. The highest BCUT2D eigenvalue weighted by Crippen LogP contribution is 2.53. The fourth-order valence-corrected chi connectivity index (χ4v) is 10.1. The fourth-order valence-electron chi connectivity index (χ4n) is 4.38. The van der Waals surface area contributed by atoms with Gasteiger partial charge in [0.05, 0.1) is 51.4 Å². The SMILES string of the molecule is [C-]#[N+]CCOP(OC1[C@@H](CCP(=O)(OCC)OCCOP(C)(=O)OCC)OC[C@H]1O[Si](C)(C)C(C)(C)C)N(C(C)C)C(C)C. The summed E-state index contributed by atoms with van der Waals surface area (Å²) in [6.07, 6.45) is -0.890. The molecule has 0 spiro atoms. The summed E-state index contributed by atoms with van der Waals surface area (Å²) in [6, 6.07) is 0.258. The third kappa shape index (κ3) is 14.2. The molecule has 0 aliphatic carbocycles. The molecule has 44 heavy (non-hydrogen) atoms. The Bertz CT molecular complexity index is 968. The van der Waals surface area contributed by atoms with Crippen molar-refractivity contribution in [3.8, 4) is 0 Å². The molecule has 1 heterocycles. The Kier molecular flexibility index (Phi) is 18.5. The fraction of sp³-hybridized carbons (Fsp3) is 0.964. The Morgan fingerprint density at radius 1 is 1.00 bits per heavy atom. The molecule has 260 valence electrons. The zero-order valence-electron chi connectivity index (χ0n) is 29.1. The van der Waals surface area contributed by atoms with Crippen molar-refractivity contribution < 1.29 is 45.4 Å². The number of ether oxygens (including phenoxy) is 1.